The predicted octanol–water partition coefficient (Wildman–Crippen LogP) is 1.91. The molecular weight excluding hydrogens is 307 g/mol. The molecule has 1 saturated heterocycles. The van der Waals surface area contributed by atoms with Gasteiger partial charge in [-0.05, 0) is 24.6 Å². The molecule has 1 fully saturated rings. The first-order chi connectivity index (χ1) is 9.66. The number of alkyl halides is 3. The first-order valence-electron chi connectivity index (χ1n) is 6.17. The molecule has 9 heteroatoms. The summed E-state index contributed by atoms with van der Waals surface area (Å²) >= 11 is 0. The van der Waals surface area contributed by atoms with Gasteiger partial charge in [-0.1, -0.05) is 0 Å². The molecule has 1 aromatic carbocycles. The molecule has 2 N–H and O–H groups in total. The Bertz CT molecular complexity index is 811. The van der Waals surface area contributed by atoms with Crippen LogP contribution in [0.25, 0.3) is 11.0 Å². The molecule has 1 aliphatic rings. The third-order valence-corrected chi connectivity index (χ3v) is 4.87. The summed E-state index contributed by atoms with van der Waals surface area (Å²) in [5.41, 5.74) is 0.311. The number of aromatic amines is 1. The maximum absolute atomic E-state index is 12.8. The molecule has 0 spiro atoms. The topological polar surface area (TPSA) is 74.8 Å². The van der Waals surface area contributed by atoms with Gasteiger partial charge in [-0.25, -0.2) is 13.4 Å². The summed E-state index contributed by atoms with van der Waals surface area (Å²) in [4.78, 5) is 7.02. The number of rotatable bonds is 1. The number of halogens is 3. The zero-order valence-corrected chi connectivity index (χ0v) is 11.8. The lowest BCUT2D eigenvalue weighted by Gasteiger charge is -2.07. The van der Waals surface area contributed by atoms with E-state index >= 15 is 0 Å². The average Bonchev–Trinajstić information content (AvgIpc) is 2.91. The predicted molar refractivity (Wildman–Crippen MR) is 70.4 cm³/mol. The molecule has 0 saturated carbocycles. The Balaban J connectivity index is 2.06. The normalized spacial score (nSPS) is 22.0. The van der Waals surface area contributed by atoms with Crippen LogP contribution in [-0.2, 0) is 16.0 Å². The molecule has 5 nitrogen and oxygen atoms in total. The van der Waals surface area contributed by atoms with Crippen molar-refractivity contribution in [2.24, 2.45) is 0 Å². The van der Waals surface area contributed by atoms with Gasteiger partial charge in [0.25, 0.3) is 0 Å². The molecule has 0 bridgehead atoms. The van der Waals surface area contributed by atoms with Gasteiger partial charge in [-0.3, -0.25) is 5.32 Å². The molecule has 1 aromatic heterocycles. The lowest BCUT2D eigenvalue weighted by atomic mass is 10.1. The van der Waals surface area contributed by atoms with Crippen molar-refractivity contribution in [3.05, 3.63) is 29.1 Å². The van der Waals surface area contributed by atoms with Crippen molar-refractivity contribution < 1.29 is 21.6 Å². The molecule has 21 heavy (non-hydrogen) atoms. The summed E-state index contributed by atoms with van der Waals surface area (Å²) < 4.78 is 61.2. The number of aryl methyl sites for hydroxylation is 1. The van der Waals surface area contributed by atoms with Gasteiger partial charge in [0, 0.05) is 0 Å². The summed E-state index contributed by atoms with van der Waals surface area (Å²) in [6.07, 6.45) is -4.43. The van der Waals surface area contributed by atoms with Gasteiger partial charge >= 0.3 is 6.18 Å². The van der Waals surface area contributed by atoms with E-state index in [0.717, 1.165) is 12.1 Å². The Kier molecular flexibility index (Phi) is 3.03. The largest absolute Gasteiger partial charge is 0.416 e. The number of imidazole rings is 1. The zero-order chi connectivity index (χ0) is 15.4. The third kappa shape index (κ3) is 2.62. The monoisotopic (exact) mass is 319 g/mol. The number of sulfone groups is 1. The molecule has 3 rings (SSSR count). The third-order valence-electron chi connectivity index (χ3n) is 3.42. The number of H-pyrrole nitrogens is 1. The van der Waals surface area contributed by atoms with Crippen LogP contribution in [0.5, 0.6) is 0 Å². The fraction of sp³-hybridized carbons (Fsp3) is 0.417. The highest BCUT2D eigenvalue weighted by atomic mass is 32.2. The molecule has 1 aliphatic heterocycles. The van der Waals surface area contributed by atoms with Crippen LogP contribution in [-0.4, -0.2) is 30.0 Å². The second kappa shape index (κ2) is 4.44. The maximum atomic E-state index is 12.8. The lowest BCUT2D eigenvalue weighted by molar-refractivity contribution is -0.137. The minimum absolute atomic E-state index is 0.113. The molecule has 114 valence electrons. The molecule has 0 aliphatic carbocycles. The van der Waals surface area contributed by atoms with Crippen LogP contribution in [0.2, 0.25) is 0 Å². The van der Waals surface area contributed by atoms with E-state index in [9.17, 15) is 21.6 Å². The minimum Gasteiger partial charge on any atom is -0.341 e. The highest BCUT2D eigenvalue weighted by Gasteiger charge is 2.33. The van der Waals surface area contributed by atoms with Crippen LogP contribution in [0.4, 0.5) is 13.2 Å². The van der Waals surface area contributed by atoms with E-state index in [0.29, 0.717) is 16.9 Å². The summed E-state index contributed by atoms with van der Waals surface area (Å²) in [5, 5.41) is 2.78. The highest BCUT2D eigenvalue weighted by molar-refractivity contribution is 7.91. The van der Waals surface area contributed by atoms with E-state index in [2.05, 4.69) is 15.3 Å². The van der Waals surface area contributed by atoms with Crippen LogP contribution in [0, 0.1) is 6.92 Å². The molecule has 2 heterocycles. The van der Waals surface area contributed by atoms with Crippen molar-refractivity contribution in [3.8, 4) is 0 Å². The Morgan fingerprint density at radius 3 is 2.62 bits per heavy atom. The second-order valence-electron chi connectivity index (χ2n) is 5.12. The second-order valence-corrected chi connectivity index (χ2v) is 7.23. The molecule has 1 atom stereocenters. The quantitative estimate of drug-likeness (QED) is 0.842. The molecule has 2 aromatic rings. The average molecular weight is 319 g/mol. The maximum Gasteiger partial charge on any atom is 0.416 e. The molecule has 0 unspecified atom stereocenters. The van der Waals surface area contributed by atoms with E-state index in [1.165, 1.54) is 0 Å². The number of aromatic nitrogens is 2. The van der Waals surface area contributed by atoms with Crippen LogP contribution in [0.3, 0.4) is 0 Å². The number of fused-ring (bicyclic) bond motifs is 1. The van der Waals surface area contributed by atoms with Gasteiger partial charge in [-0.2, -0.15) is 13.2 Å². The number of nitrogens with zero attached hydrogens (tertiary/aromatic N) is 1. The molecule has 0 radical (unpaired) electrons. The van der Waals surface area contributed by atoms with Crippen molar-refractivity contribution in [2.75, 3.05) is 11.6 Å². The van der Waals surface area contributed by atoms with E-state index in [-0.39, 0.29) is 17.1 Å². The molecular formula is C12H12F3N3O2S. The Hall–Kier alpha value is -1.61. The first kappa shape index (κ1) is 14.3. The summed E-state index contributed by atoms with van der Waals surface area (Å²) in [6.45, 7) is 1.54. The van der Waals surface area contributed by atoms with Gasteiger partial charge in [0.1, 0.15) is 5.82 Å². The Morgan fingerprint density at radius 2 is 2.05 bits per heavy atom. The van der Waals surface area contributed by atoms with Gasteiger partial charge in [0.15, 0.2) is 9.84 Å². The molecule has 0 amide bonds. The number of hydrogen-bond acceptors (Lipinski definition) is 4. The first-order valence-corrected chi connectivity index (χ1v) is 7.99. The minimum atomic E-state index is -4.43. The van der Waals surface area contributed by atoms with Crippen molar-refractivity contribution in [1.29, 1.82) is 0 Å². The fourth-order valence-corrected chi connectivity index (χ4v) is 3.77. The SMILES string of the molecule is Cc1cc(C(F)(F)F)cc2[nH]c([C@@H]3CS(=O)(=O)CN3)nc12. The number of benzene rings is 1. The summed E-state index contributed by atoms with van der Waals surface area (Å²) in [6, 6.07) is 1.50. The van der Waals surface area contributed by atoms with E-state index in [1.54, 1.807) is 6.92 Å². The zero-order valence-electron chi connectivity index (χ0n) is 11.0. The fourth-order valence-electron chi connectivity index (χ4n) is 2.41. The van der Waals surface area contributed by atoms with Crippen LogP contribution in [0.15, 0.2) is 12.1 Å². The van der Waals surface area contributed by atoms with Gasteiger partial charge in [-0.15, -0.1) is 0 Å². The van der Waals surface area contributed by atoms with E-state index < -0.39 is 27.6 Å². The van der Waals surface area contributed by atoms with Gasteiger partial charge < -0.3 is 4.98 Å². The van der Waals surface area contributed by atoms with Gasteiger partial charge in [0.2, 0.25) is 0 Å². The summed E-state index contributed by atoms with van der Waals surface area (Å²) in [7, 11) is -3.17. The van der Waals surface area contributed by atoms with Crippen LogP contribution in [0.1, 0.15) is 23.0 Å². The van der Waals surface area contributed by atoms with Crippen molar-refractivity contribution >= 4 is 20.9 Å². The van der Waals surface area contributed by atoms with Crippen LogP contribution < -0.4 is 5.32 Å². The number of nitrogens with one attached hydrogen (secondary N) is 2. The van der Waals surface area contributed by atoms with Gasteiger partial charge in [0.05, 0.1) is 34.3 Å². The summed E-state index contributed by atoms with van der Waals surface area (Å²) in [5.74, 6) is 0.0768. The number of hydrogen-bond donors (Lipinski definition) is 2. The highest BCUT2D eigenvalue weighted by Crippen LogP contribution is 2.33. The Labute approximate surface area is 118 Å². The van der Waals surface area contributed by atoms with E-state index in [4.69, 9.17) is 0 Å². The van der Waals surface area contributed by atoms with E-state index in [1.807, 2.05) is 0 Å². The standard InChI is InChI=1S/C12H12F3N3O2S/c1-6-2-7(12(13,14)15)3-8-10(6)18-11(17-8)9-4-21(19,20)5-16-9/h2-3,9,16H,4-5H2,1H3,(H,17,18)/t9-/m0/s1. The Morgan fingerprint density at radius 1 is 1.33 bits per heavy atom. The lowest BCUT2D eigenvalue weighted by Crippen LogP contribution is -2.15. The smallest absolute Gasteiger partial charge is 0.341 e. The van der Waals surface area contributed by atoms with Crippen LogP contribution >= 0.6 is 0 Å². The van der Waals surface area contributed by atoms with Crippen molar-refractivity contribution in [1.82, 2.24) is 15.3 Å². The van der Waals surface area contributed by atoms with Crippen molar-refractivity contribution in [3.63, 3.8) is 0 Å². The van der Waals surface area contributed by atoms with Crippen molar-refractivity contribution in [2.45, 2.75) is 19.1 Å².